The summed E-state index contributed by atoms with van der Waals surface area (Å²) in [6.07, 6.45) is 9.49. The molecule has 0 aromatic heterocycles. The molecule has 0 aromatic carbocycles. The Balaban J connectivity index is 1.36. The summed E-state index contributed by atoms with van der Waals surface area (Å²) in [5.41, 5.74) is 0. The number of nitrogens with zero attached hydrogens (tertiary/aromatic N) is 2. The highest BCUT2D eigenvalue weighted by molar-refractivity contribution is 5.79. The summed E-state index contributed by atoms with van der Waals surface area (Å²) in [6.45, 7) is 3.61. The molecule has 1 unspecified atom stereocenters. The Morgan fingerprint density at radius 2 is 1.86 bits per heavy atom. The van der Waals surface area contributed by atoms with Gasteiger partial charge in [-0.1, -0.05) is 12.2 Å². The maximum atomic E-state index is 12.2. The number of allylic oxidation sites excluding steroid dienone is 2. The number of hydrogen-bond donors (Lipinski definition) is 1. The Labute approximate surface area is 126 Å². The second-order valence-corrected chi connectivity index (χ2v) is 6.47. The summed E-state index contributed by atoms with van der Waals surface area (Å²) in [5, 5.41) is 3.01. The number of nitrogens with one attached hydrogen (secondary N) is 1. The van der Waals surface area contributed by atoms with Crippen molar-refractivity contribution in [3.8, 4) is 0 Å². The van der Waals surface area contributed by atoms with Gasteiger partial charge in [-0.15, -0.1) is 0 Å². The minimum absolute atomic E-state index is 0.133. The molecule has 3 rings (SSSR count). The van der Waals surface area contributed by atoms with E-state index in [0.717, 1.165) is 51.9 Å². The predicted molar refractivity (Wildman–Crippen MR) is 80.7 cm³/mol. The van der Waals surface area contributed by atoms with E-state index in [2.05, 4.69) is 22.4 Å². The Morgan fingerprint density at radius 3 is 2.48 bits per heavy atom. The van der Waals surface area contributed by atoms with Gasteiger partial charge >= 0.3 is 0 Å². The van der Waals surface area contributed by atoms with E-state index in [1.807, 2.05) is 4.90 Å². The number of rotatable bonds is 5. The summed E-state index contributed by atoms with van der Waals surface area (Å²) in [4.78, 5) is 28.1. The molecule has 1 N–H and O–H groups in total. The molecule has 1 aliphatic heterocycles. The van der Waals surface area contributed by atoms with Crippen molar-refractivity contribution in [3.63, 3.8) is 0 Å². The van der Waals surface area contributed by atoms with Gasteiger partial charge < -0.3 is 10.2 Å². The highest BCUT2D eigenvalue weighted by Gasteiger charge is 2.27. The number of carbonyl (C=O) groups excluding carboxylic acids is 2. The third-order valence-corrected chi connectivity index (χ3v) is 4.58. The van der Waals surface area contributed by atoms with Crippen molar-refractivity contribution < 1.29 is 9.59 Å². The van der Waals surface area contributed by atoms with E-state index in [-0.39, 0.29) is 11.8 Å². The molecule has 0 spiro atoms. The molecule has 1 heterocycles. The van der Waals surface area contributed by atoms with E-state index in [9.17, 15) is 9.59 Å². The van der Waals surface area contributed by atoms with E-state index < -0.39 is 0 Å². The molecule has 1 atom stereocenters. The van der Waals surface area contributed by atoms with Crippen molar-refractivity contribution in [1.82, 2.24) is 15.1 Å². The van der Waals surface area contributed by atoms with Crippen LogP contribution >= 0.6 is 0 Å². The lowest BCUT2D eigenvalue weighted by Crippen LogP contribution is -2.51. The van der Waals surface area contributed by atoms with Gasteiger partial charge in [0.15, 0.2) is 0 Å². The molecule has 2 fully saturated rings. The standard InChI is InChI=1S/C16H25N3O2/c20-15(17-14-5-6-14)12-18-7-9-19(10-8-18)16(21)11-13-3-1-2-4-13/h1,3,13-14H,2,4-12H2,(H,17,20). The van der Waals surface area contributed by atoms with Gasteiger partial charge in [-0.2, -0.15) is 0 Å². The maximum Gasteiger partial charge on any atom is 0.234 e. The predicted octanol–water partition coefficient (Wildman–Crippen LogP) is 0.766. The van der Waals surface area contributed by atoms with Crippen LogP contribution in [0.4, 0.5) is 0 Å². The molecule has 1 saturated carbocycles. The molecule has 1 saturated heterocycles. The van der Waals surface area contributed by atoms with Gasteiger partial charge in [0.1, 0.15) is 0 Å². The molecule has 0 radical (unpaired) electrons. The van der Waals surface area contributed by atoms with Crippen molar-refractivity contribution in [2.75, 3.05) is 32.7 Å². The quantitative estimate of drug-likeness (QED) is 0.761. The van der Waals surface area contributed by atoms with Gasteiger partial charge in [0, 0.05) is 38.6 Å². The Morgan fingerprint density at radius 1 is 1.10 bits per heavy atom. The molecule has 116 valence electrons. The summed E-state index contributed by atoms with van der Waals surface area (Å²) >= 11 is 0. The Kier molecular flexibility index (Phi) is 4.58. The summed E-state index contributed by atoms with van der Waals surface area (Å²) in [7, 11) is 0. The lowest BCUT2D eigenvalue weighted by molar-refractivity contribution is -0.133. The number of hydrogen-bond acceptors (Lipinski definition) is 3. The summed E-state index contributed by atoms with van der Waals surface area (Å²) in [6, 6.07) is 0.430. The highest BCUT2D eigenvalue weighted by Crippen LogP contribution is 2.21. The molecule has 0 bridgehead atoms. The third-order valence-electron chi connectivity index (χ3n) is 4.58. The van der Waals surface area contributed by atoms with Gasteiger partial charge in [0.05, 0.1) is 6.54 Å². The Bertz CT molecular complexity index is 423. The topological polar surface area (TPSA) is 52.7 Å². The summed E-state index contributed by atoms with van der Waals surface area (Å²) < 4.78 is 0. The maximum absolute atomic E-state index is 12.2. The fourth-order valence-corrected chi connectivity index (χ4v) is 3.08. The largest absolute Gasteiger partial charge is 0.352 e. The van der Waals surface area contributed by atoms with Crippen LogP contribution in [0.5, 0.6) is 0 Å². The van der Waals surface area contributed by atoms with Crippen molar-refractivity contribution in [2.24, 2.45) is 5.92 Å². The van der Waals surface area contributed by atoms with E-state index in [1.165, 1.54) is 0 Å². The van der Waals surface area contributed by atoms with Gasteiger partial charge in [0.25, 0.3) is 0 Å². The average molecular weight is 291 g/mol. The first-order chi connectivity index (χ1) is 10.2. The molecule has 2 aliphatic carbocycles. The SMILES string of the molecule is O=C(CN1CCN(C(=O)CC2C=CCC2)CC1)NC1CC1. The number of amides is 2. The van der Waals surface area contributed by atoms with Gasteiger partial charge in [-0.05, 0) is 31.6 Å². The van der Waals surface area contributed by atoms with Crippen LogP contribution in [-0.4, -0.2) is 60.4 Å². The van der Waals surface area contributed by atoms with Gasteiger partial charge in [-0.3, -0.25) is 14.5 Å². The smallest absolute Gasteiger partial charge is 0.234 e. The van der Waals surface area contributed by atoms with Crippen LogP contribution in [0.15, 0.2) is 12.2 Å². The minimum atomic E-state index is 0.133. The molecule has 3 aliphatic rings. The Hall–Kier alpha value is -1.36. The monoisotopic (exact) mass is 291 g/mol. The van der Waals surface area contributed by atoms with E-state index in [4.69, 9.17) is 0 Å². The van der Waals surface area contributed by atoms with Crippen molar-refractivity contribution in [2.45, 2.75) is 38.1 Å². The molecular weight excluding hydrogens is 266 g/mol. The normalized spacial score (nSPS) is 26.1. The average Bonchev–Trinajstić information content (AvgIpc) is 3.13. The zero-order chi connectivity index (χ0) is 14.7. The van der Waals surface area contributed by atoms with Crippen molar-refractivity contribution in [3.05, 3.63) is 12.2 Å². The first-order valence-corrected chi connectivity index (χ1v) is 8.17. The van der Waals surface area contributed by atoms with E-state index in [0.29, 0.717) is 24.9 Å². The van der Waals surface area contributed by atoms with Crippen LogP contribution in [0.1, 0.15) is 32.1 Å². The molecule has 5 heteroatoms. The highest BCUT2D eigenvalue weighted by atomic mass is 16.2. The second-order valence-electron chi connectivity index (χ2n) is 6.47. The molecule has 0 aromatic rings. The first-order valence-electron chi connectivity index (χ1n) is 8.17. The van der Waals surface area contributed by atoms with Gasteiger partial charge in [-0.25, -0.2) is 0 Å². The lowest BCUT2D eigenvalue weighted by atomic mass is 10.0. The minimum Gasteiger partial charge on any atom is -0.352 e. The van der Waals surface area contributed by atoms with Crippen LogP contribution in [0, 0.1) is 5.92 Å². The van der Waals surface area contributed by atoms with Crippen molar-refractivity contribution in [1.29, 1.82) is 0 Å². The van der Waals surface area contributed by atoms with Gasteiger partial charge in [0.2, 0.25) is 11.8 Å². The number of carbonyl (C=O) groups is 2. The van der Waals surface area contributed by atoms with Crippen LogP contribution in [0.25, 0.3) is 0 Å². The third kappa shape index (κ3) is 4.30. The fourth-order valence-electron chi connectivity index (χ4n) is 3.08. The molecule has 2 amide bonds. The zero-order valence-electron chi connectivity index (χ0n) is 12.6. The van der Waals surface area contributed by atoms with E-state index >= 15 is 0 Å². The number of piperazine rings is 1. The van der Waals surface area contributed by atoms with E-state index in [1.54, 1.807) is 0 Å². The molecule has 5 nitrogen and oxygen atoms in total. The summed E-state index contributed by atoms with van der Waals surface area (Å²) in [5.74, 6) is 0.849. The first kappa shape index (κ1) is 14.6. The molecular formula is C16H25N3O2. The van der Waals surface area contributed by atoms with Crippen LogP contribution in [-0.2, 0) is 9.59 Å². The second kappa shape index (κ2) is 6.60. The molecule has 21 heavy (non-hydrogen) atoms. The van der Waals surface area contributed by atoms with Crippen LogP contribution in [0.2, 0.25) is 0 Å². The lowest BCUT2D eigenvalue weighted by Gasteiger charge is -2.34. The van der Waals surface area contributed by atoms with Crippen LogP contribution < -0.4 is 5.32 Å². The fraction of sp³-hybridized carbons (Fsp3) is 0.750. The van der Waals surface area contributed by atoms with Crippen LogP contribution in [0.3, 0.4) is 0 Å². The zero-order valence-corrected chi connectivity index (χ0v) is 12.6. The van der Waals surface area contributed by atoms with Crippen molar-refractivity contribution >= 4 is 11.8 Å².